The second-order valence-electron chi connectivity index (χ2n) is 12.5. The van der Waals surface area contributed by atoms with Crippen LogP contribution in [0.25, 0.3) is 50.4 Å². The first-order valence-corrected chi connectivity index (χ1v) is 16.4. The lowest BCUT2D eigenvalue weighted by Gasteiger charge is -2.13. The van der Waals surface area contributed by atoms with Crippen molar-refractivity contribution in [1.29, 1.82) is 0 Å². The number of hydrogen-bond acceptors (Lipinski definition) is 6. The van der Waals surface area contributed by atoms with Crippen LogP contribution >= 0.6 is 0 Å². The molecule has 3 aromatic rings. The summed E-state index contributed by atoms with van der Waals surface area (Å²) in [6.45, 7) is 14.3. The predicted molar refractivity (Wildman–Crippen MR) is 195 cm³/mol. The van der Waals surface area contributed by atoms with Gasteiger partial charge in [-0.05, 0) is 91.8 Å². The number of fused-ring (bicyclic) bond motifs is 8. The Bertz CT molecular complexity index is 2250. The van der Waals surface area contributed by atoms with E-state index in [-0.39, 0.29) is 31.8 Å². The fraction of sp³-hybridized carbons (Fsp3) is 0.231. The van der Waals surface area contributed by atoms with Crippen molar-refractivity contribution < 1.29 is 24.3 Å². The Morgan fingerprint density at radius 2 is 1.52 bits per heavy atom. The second-order valence-corrected chi connectivity index (χ2v) is 12.5. The monoisotopic (exact) mass is 670 g/mol. The van der Waals surface area contributed by atoms with Gasteiger partial charge in [-0.2, -0.15) is 0 Å². The molecule has 0 unspecified atom stereocenters. The van der Waals surface area contributed by atoms with E-state index in [1.165, 1.54) is 12.2 Å². The third kappa shape index (κ3) is 6.62. The molecule has 11 nitrogen and oxygen atoms in total. The maximum atomic E-state index is 12.9. The Labute approximate surface area is 288 Å². The number of aromatic amines is 2. The van der Waals surface area contributed by atoms with Gasteiger partial charge in [-0.3, -0.25) is 24.1 Å². The van der Waals surface area contributed by atoms with Crippen LogP contribution < -0.4 is 5.32 Å². The van der Waals surface area contributed by atoms with E-state index in [4.69, 9.17) is 9.97 Å². The number of hydrogen-bond donors (Lipinski definition) is 4. The van der Waals surface area contributed by atoms with Gasteiger partial charge in [0.05, 0.1) is 22.8 Å². The number of imide groups is 1. The standard InChI is InChI=1S/C39H38N6O5/c1-6-26-21(3)31-19-34-27(7-2)22(4)29(43-34)18-30-23(5)28(9-13-39(49)50)35(44-30)20-32-24(16-25(41-32)17-33(26)42-31)8-10-36(46)40-14-15-45-37(47)11-12-38(45)48/h6-7,11-12,16-20,41-42H,1-2,8-10,13-15H2,3-5H3,(H,40,46)(H,49,50). The van der Waals surface area contributed by atoms with E-state index in [0.29, 0.717) is 24.2 Å². The van der Waals surface area contributed by atoms with Gasteiger partial charge < -0.3 is 20.4 Å². The highest BCUT2D eigenvalue weighted by Gasteiger charge is 2.23. The molecule has 0 radical (unpaired) electrons. The zero-order chi connectivity index (χ0) is 35.7. The third-order valence-corrected chi connectivity index (χ3v) is 9.33. The van der Waals surface area contributed by atoms with Crippen LogP contribution in [0.15, 0.2) is 61.7 Å². The Morgan fingerprint density at radius 3 is 2.22 bits per heavy atom. The number of nitrogens with one attached hydrogen (secondary N) is 3. The lowest BCUT2D eigenvalue weighted by molar-refractivity contribution is -0.138. The van der Waals surface area contributed by atoms with Crippen LogP contribution in [-0.2, 0) is 25.6 Å². The Kier molecular flexibility index (Phi) is 9.32. The number of carboxylic acids is 1. The molecule has 3 aliphatic rings. The van der Waals surface area contributed by atoms with Gasteiger partial charge in [0.2, 0.25) is 5.91 Å². The fourth-order valence-electron chi connectivity index (χ4n) is 6.53. The van der Waals surface area contributed by atoms with Crippen LogP contribution in [0, 0.1) is 6.92 Å². The average molecular weight is 671 g/mol. The Morgan fingerprint density at radius 1 is 0.820 bits per heavy atom. The molecule has 0 saturated heterocycles. The molecule has 254 valence electrons. The van der Waals surface area contributed by atoms with Gasteiger partial charge in [-0.25, -0.2) is 9.97 Å². The van der Waals surface area contributed by atoms with Crippen molar-refractivity contribution >= 4 is 74.1 Å². The van der Waals surface area contributed by atoms with Crippen LogP contribution in [0.2, 0.25) is 0 Å². The third-order valence-electron chi connectivity index (χ3n) is 9.33. The molecule has 0 fully saturated rings. The van der Waals surface area contributed by atoms with Gasteiger partial charge in [-0.15, -0.1) is 0 Å². The molecule has 0 aromatic carbocycles. The molecule has 4 N–H and O–H groups in total. The summed E-state index contributed by atoms with van der Waals surface area (Å²) in [6.07, 6.45) is 6.82. The molecule has 0 aliphatic carbocycles. The van der Waals surface area contributed by atoms with Crippen molar-refractivity contribution in [2.75, 3.05) is 13.1 Å². The normalized spacial score (nSPS) is 14.2. The van der Waals surface area contributed by atoms with Gasteiger partial charge in [-0.1, -0.05) is 25.3 Å². The molecule has 8 bridgehead atoms. The van der Waals surface area contributed by atoms with E-state index in [9.17, 15) is 24.3 Å². The topological polar surface area (TPSA) is 161 Å². The minimum atomic E-state index is -0.901. The van der Waals surface area contributed by atoms with E-state index in [1.54, 1.807) is 6.08 Å². The molecule has 3 aliphatic heterocycles. The van der Waals surface area contributed by atoms with Gasteiger partial charge in [0.15, 0.2) is 0 Å². The molecule has 0 atom stereocenters. The van der Waals surface area contributed by atoms with E-state index in [0.717, 1.165) is 77.3 Å². The van der Waals surface area contributed by atoms with Crippen molar-refractivity contribution in [3.8, 4) is 0 Å². The zero-order valence-electron chi connectivity index (χ0n) is 28.3. The van der Waals surface area contributed by atoms with Crippen LogP contribution in [0.3, 0.4) is 0 Å². The summed E-state index contributed by atoms with van der Waals surface area (Å²) in [7, 11) is 0. The SMILES string of the molecule is C=CC1=C(C)c2cc3nc(cc4[nH]c(cc4CCC(=O)NCCN4C(=O)C=CC4=O)cc4[nH]c(cc1n2)c(C)c4C=C)C(CCC(=O)O)=C3C. The molecule has 0 spiro atoms. The first kappa shape index (κ1) is 33.8. The molecule has 3 aromatic heterocycles. The summed E-state index contributed by atoms with van der Waals surface area (Å²) in [5, 5.41) is 12.3. The van der Waals surface area contributed by atoms with Crippen molar-refractivity contribution in [2.45, 2.75) is 46.5 Å². The lowest BCUT2D eigenvalue weighted by Crippen LogP contribution is -2.38. The van der Waals surface area contributed by atoms with Gasteiger partial charge in [0, 0.05) is 71.3 Å². The lowest BCUT2D eigenvalue weighted by atomic mass is 10.0. The number of H-pyrrole nitrogens is 2. The Hall–Kier alpha value is -6.10. The molecular formula is C39H38N6O5. The molecule has 3 amide bonds. The van der Waals surface area contributed by atoms with E-state index in [1.807, 2.05) is 57.2 Å². The number of aryl methyl sites for hydroxylation is 2. The molecular weight excluding hydrogens is 632 g/mol. The zero-order valence-corrected chi connectivity index (χ0v) is 28.3. The van der Waals surface area contributed by atoms with E-state index in [2.05, 4.69) is 28.4 Å². The predicted octanol–water partition coefficient (Wildman–Crippen LogP) is 6.15. The molecule has 6 heterocycles. The first-order valence-electron chi connectivity index (χ1n) is 16.4. The highest BCUT2D eigenvalue weighted by molar-refractivity contribution is 6.12. The van der Waals surface area contributed by atoms with Gasteiger partial charge in [0.25, 0.3) is 11.8 Å². The number of nitrogens with zero attached hydrogens (tertiary/aromatic N) is 3. The Balaban J connectivity index is 1.47. The molecule has 0 saturated carbocycles. The molecule has 11 heteroatoms. The smallest absolute Gasteiger partial charge is 0.303 e. The fourth-order valence-corrected chi connectivity index (χ4v) is 6.53. The number of aromatic nitrogens is 4. The van der Waals surface area contributed by atoms with Gasteiger partial charge in [0.1, 0.15) is 0 Å². The molecule has 50 heavy (non-hydrogen) atoms. The summed E-state index contributed by atoms with van der Waals surface area (Å²) >= 11 is 0. The van der Waals surface area contributed by atoms with Crippen LogP contribution in [0.1, 0.15) is 72.6 Å². The number of rotatable bonds is 11. The van der Waals surface area contributed by atoms with Crippen LogP contribution in [0.4, 0.5) is 0 Å². The summed E-state index contributed by atoms with van der Waals surface area (Å²) in [5.41, 5.74) is 12.5. The summed E-state index contributed by atoms with van der Waals surface area (Å²) in [5.74, 6) is -1.91. The number of aliphatic carboxylic acids is 1. The summed E-state index contributed by atoms with van der Waals surface area (Å²) < 4.78 is 0. The number of carbonyl (C=O) groups excluding carboxylic acids is 3. The largest absolute Gasteiger partial charge is 0.481 e. The second kappa shape index (κ2) is 13.8. The van der Waals surface area contributed by atoms with Crippen molar-refractivity contribution in [3.05, 3.63) is 101 Å². The molecule has 6 rings (SSSR count). The van der Waals surface area contributed by atoms with E-state index < -0.39 is 17.8 Å². The van der Waals surface area contributed by atoms with Crippen molar-refractivity contribution in [2.24, 2.45) is 0 Å². The minimum Gasteiger partial charge on any atom is -0.481 e. The summed E-state index contributed by atoms with van der Waals surface area (Å²) in [6, 6.07) is 9.83. The van der Waals surface area contributed by atoms with Crippen LogP contribution in [0.5, 0.6) is 0 Å². The number of allylic oxidation sites excluding steroid dienone is 5. The number of amides is 3. The number of carbonyl (C=O) groups is 4. The maximum Gasteiger partial charge on any atom is 0.303 e. The summed E-state index contributed by atoms with van der Waals surface area (Å²) in [4.78, 5) is 66.3. The van der Waals surface area contributed by atoms with Gasteiger partial charge >= 0.3 is 5.97 Å². The average Bonchev–Trinajstić information content (AvgIpc) is 3.84. The first-order chi connectivity index (χ1) is 24.0. The number of carboxylic acid groups (broad SMARTS) is 1. The van der Waals surface area contributed by atoms with E-state index >= 15 is 0 Å². The van der Waals surface area contributed by atoms with Crippen molar-refractivity contribution in [1.82, 2.24) is 30.2 Å². The highest BCUT2D eigenvalue weighted by atomic mass is 16.4. The quantitative estimate of drug-likeness (QED) is 0.178. The van der Waals surface area contributed by atoms with Crippen LogP contribution in [-0.4, -0.2) is 66.7 Å². The maximum absolute atomic E-state index is 12.9. The highest BCUT2D eigenvalue weighted by Crippen LogP contribution is 2.36. The minimum absolute atomic E-state index is 0.0553. The van der Waals surface area contributed by atoms with Crippen molar-refractivity contribution in [3.63, 3.8) is 0 Å².